The van der Waals surface area contributed by atoms with E-state index in [0.29, 0.717) is 5.56 Å². The minimum atomic E-state index is -0.461. The van der Waals surface area contributed by atoms with Gasteiger partial charge in [-0.15, -0.1) is 0 Å². The second-order valence-corrected chi connectivity index (χ2v) is 3.81. The SMILES string of the molecule is CN1CCCc2ccc(C(=O)NO)cc21. The topological polar surface area (TPSA) is 52.6 Å². The number of nitrogens with one attached hydrogen (secondary N) is 1. The second kappa shape index (κ2) is 3.90. The van der Waals surface area contributed by atoms with Crippen molar-refractivity contribution in [1.29, 1.82) is 0 Å². The summed E-state index contributed by atoms with van der Waals surface area (Å²) >= 11 is 0. The van der Waals surface area contributed by atoms with Crippen molar-refractivity contribution in [2.75, 3.05) is 18.5 Å². The van der Waals surface area contributed by atoms with Gasteiger partial charge in [0.1, 0.15) is 0 Å². The fourth-order valence-corrected chi connectivity index (χ4v) is 1.96. The van der Waals surface area contributed by atoms with Gasteiger partial charge in [-0.25, -0.2) is 5.48 Å². The second-order valence-electron chi connectivity index (χ2n) is 3.81. The zero-order valence-electron chi connectivity index (χ0n) is 8.66. The number of carbonyl (C=O) groups is 1. The van der Waals surface area contributed by atoms with E-state index in [-0.39, 0.29) is 0 Å². The lowest BCUT2D eigenvalue weighted by atomic mass is 10.00. The average molecular weight is 206 g/mol. The Labute approximate surface area is 88.5 Å². The van der Waals surface area contributed by atoms with Gasteiger partial charge >= 0.3 is 0 Å². The van der Waals surface area contributed by atoms with Gasteiger partial charge in [0, 0.05) is 24.8 Å². The van der Waals surface area contributed by atoms with Crippen LogP contribution in [0, 0.1) is 0 Å². The van der Waals surface area contributed by atoms with E-state index in [1.54, 1.807) is 11.5 Å². The highest BCUT2D eigenvalue weighted by Gasteiger charge is 2.15. The molecule has 80 valence electrons. The van der Waals surface area contributed by atoms with Gasteiger partial charge in [0.25, 0.3) is 5.91 Å². The van der Waals surface area contributed by atoms with Gasteiger partial charge in [-0.3, -0.25) is 10.0 Å². The lowest BCUT2D eigenvalue weighted by Gasteiger charge is -2.27. The van der Waals surface area contributed by atoms with Crippen molar-refractivity contribution >= 4 is 11.6 Å². The van der Waals surface area contributed by atoms with Gasteiger partial charge in [-0.1, -0.05) is 6.07 Å². The standard InChI is InChI=1S/C11H14N2O2/c1-13-6-2-3-8-4-5-9(7-10(8)13)11(14)12-15/h4-5,7,15H,2-3,6H2,1H3,(H,12,14). The van der Waals surface area contributed by atoms with E-state index in [2.05, 4.69) is 4.90 Å². The van der Waals surface area contributed by atoms with Gasteiger partial charge in [-0.2, -0.15) is 0 Å². The molecule has 15 heavy (non-hydrogen) atoms. The van der Waals surface area contributed by atoms with Crippen molar-refractivity contribution < 1.29 is 10.0 Å². The van der Waals surface area contributed by atoms with Crippen LogP contribution in [0.25, 0.3) is 0 Å². The third-order valence-corrected chi connectivity index (χ3v) is 2.80. The van der Waals surface area contributed by atoms with Crippen LogP contribution in [0.1, 0.15) is 22.3 Å². The molecule has 1 aromatic rings. The third kappa shape index (κ3) is 1.80. The molecule has 2 rings (SSSR count). The van der Waals surface area contributed by atoms with Gasteiger partial charge in [0.05, 0.1) is 0 Å². The number of carbonyl (C=O) groups excluding carboxylic acids is 1. The summed E-state index contributed by atoms with van der Waals surface area (Å²) in [7, 11) is 2.01. The number of hydrogen-bond donors (Lipinski definition) is 2. The first-order valence-corrected chi connectivity index (χ1v) is 5.01. The van der Waals surface area contributed by atoms with Crippen LogP contribution in [0.3, 0.4) is 0 Å². The number of fused-ring (bicyclic) bond motifs is 1. The van der Waals surface area contributed by atoms with E-state index in [1.165, 1.54) is 5.56 Å². The van der Waals surface area contributed by atoms with Crippen LogP contribution in [-0.2, 0) is 6.42 Å². The number of amides is 1. The number of benzene rings is 1. The largest absolute Gasteiger partial charge is 0.374 e. The Morgan fingerprint density at radius 1 is 1.53 bits per heavy atom. The van der Waals surface area contributed by atoms with Crippen molar-refractivity contribution in [3.05, 3.63) is 29.3 Å². The van der Waals surface area contributed by atoms with Gasteiger partial charge < -0.3 is 4.90 Å². The molecule has 1 amide bonds. The van der Waals surface area contributed by atoms with E-state index in [0.717, 1.165) is 25.1 Å². The van der Waals surface area contributed by atoms with Crippen LogP contribution in [0.4, 0.5) is 5.69 Å². The molecular weight excluding hydrogens is 192 g/mol. The highest BCUT2D eigenvalue weighted by atomic mass is 16.5. The van der Waals surface area contributed by atoms with Crippen molar-refractivity contribution in [3.63, 3.8) is 0 Å². The maximum absolute atomic E-state index is 11.2. The summed E-state index contributed by atoms with van der Waals surface area (Å²) in [5.41, 5.74) is 4.48. The number of nitrogens with zero attached hydrogens (tertiary/aromatic N) is 1. The molecule has 0 atom stereocenters. The average Bonchev–Trinajstić information content (AvgIpc) is 2.28. The number of anilines is 1. The highest BCUT2D eigenvalue weighted by molar-refractivity contribution is 5.94. The van der Waals surface area contributed by atoms with Crippen LogP contribution in [0.15, 0.2) is 18.2 Å². The molecular formula is C11H14N2O2. The summed E-state index contributed by atoms with van der Waals surface area (Å²) in [5.74, 6) is -0.461. The van der Waals surface area contributed by atoms with Crippen molar-refractivity contribution in [2.24, 2.45) is 0 Å². The number of aryl methyl sites for hydroxylation is 1. The number of hydroxylamine groups is 1. The third-order valence-electron chi connectivity index (χ3n) is 2.80. The molecule has 0 bridgehead atoms. The van der Waals surface area contributed by atoms with E-state index < -0.39 is 5.91 Å². The molecule has 1 aliphatic heterocycles. The van der Waals surface area contributed by atoms with E-state index in [4.69, 9.17) is 5.21 Å². The number of hydrogen-bond acceptors (Lipinski definition) is 3. The quantitative estimate of drug-likeness (QED) is 0.536. The van der Waals surface area contributed by atoms with Crippen molar-refractivity contribution in [3.8, 4) is 0 Å². The van der Waals surface area contributed by atoms with Crippen LogP contribution in [0.2, 0.25) is 0 Å². The summed E-state index contributed by atoms with van der Waals surface area (Å²) in [6.07, 6.45) is 2.20. The molecule has 1 aromatic carbocycles. The minimum absolute atomic E-state index is 0.461. The summed E-state index contributed by atoms with van der Waals surface area (Å²) < 4.78 is 0. The van der Waals surface area contributed by atoms with Gasteiger partial charge in [0.2, 0.25) is 0 Å². The van der Waals surface area contributed by atoms with E-state index in [9.17, 15) is 4.79 Å². The summed E-state index contributed by atoms with van der Waals surface area (Å²) in [4.78, 5) is 13.4. The first-order valence-electron chi connectivity index (χ1n) is 5.01. The molecule has 1 heterocycles. The fourth-order valence-electron chi connectivity index (χ4n) is 1.96. The lowest BCUT2D eigenvalue weighted by Crippen LogP contribution is -2.26. The molecule has 0 radical (unpaired) electrons. The maximum atomic E-state index is 11.2. The normalized spacial score (nSPS) is 14.7. The highest BCUT2D eigenvalue weighted by Crippen LogP contribution is 2.26. The van der Waals surface area contributed by atoms with Gasteiger partial charge in [-0.05, 0) is 30.5 Å². The lowest BCUT2D eigenvalue weighted by molar-refractivity contribution is 0.0706. The van der Waals surface area contributed by atoms with Crippen LogP contribution in [0.5, 0.6) is 0 Å². The summed E-state index contributed by atoms with van der Waals surface area (Å²) in [5, 5.41) is 8.55. The zero-order chi connectivity index (χ0) is 10.8. The summed E-state index contributed by atoms with van der Waals surface area (Å²) in [6, 6.07) is 5.51. The van der Waals surface area contributed by atoms with Crippen molar-refractivity contribution in [2.45, 2.75) is 12.8 Å². The molecule has 0 fully saturated rings. The molecule has 2 N–H and O–H groups in total. The van der Waals surface area contributed by atoms with Crippen molar-refractivity contribution in [1.82, 2.24) is 5.48 Å². The predicted octanol–water partition coefficient (Wildman–Crippen LogP) is 1.19. The molecule has 0 saturated carbocycles. The van der Waals surface area contributed by atoms with Crippen LogP contribution in [-0.4, -0.2) is 24.7 Å². The Kier molecular flexibility index (Phi) is 2.60. The minimum Gasteiger partial charge on any atom is -0.374 e. The Morgan fingerprint density at radius 3 is 3.07 bits per heavy atom. The molecule has 0 unspecified atom stereocenters. The smallest absolute Gasteiger partial charge is 0.274 e. The maximum Gasteiger partial charge on any atom is 0.274 e. The monoisotopic (exact) mass is 206 g/mol. The zero-order valence-corrected chi connectivity index (χ0v) is 8.66. The molecule has 0 aliphatic carbocycles. The molecule has 4 heteroatoms. The molecule has 0 saturated heterocycles. The molecule has 1 aliphatic rings. The summed E-state index contributed by atoms with van der Waals surface area (Å²) in [6.45, 7) is 1.01. The molecule has 4 nitrogen and oxygen atoms in total. The Morgan fingerprint density at radius 2 is 2.33 bits per heavy atom. The van der Waals surface area contributed by atoms with Gasteiger partial charge in [0.15, 0.2) is 0 Å². The first-order chi connectivity index (χ1) is 7.22. The molecule has 0 spiro atoms. The number of rotatable bonds is 1. The van der Waals surface area contributed by atoms with Crippen LogP contribution < -0.4 is 10.4 Å². The molecule has 0 aromatic heterocycles. The fraction of sp³-hybridized carbons (Fsp3) is 0.364. The Hall–Kier alpha value is -1.55. The first kappa shape index (κ1) is 9.98. The van der Waals surface area contributed by atoms with E-state index in [1.807, 2.05) is 19.2 Å². The Bertz CT molecular complexity index is 390. The van der Waals surface area contributed by atoms with Crippen LogP contribution >= 0.6 is 0 Å². The van der Waals surface area contributed by atoms with E-state index >= 15 is 0 Å². The Balaban J connectivity index is 2.39. The predicted molar refractivity (Wildman–Crippen MR) is 57.3 cm³/mol.